The number of carbonyl (C=O) groups is 1. The van der Waals surface area contributed by atoms with E-state index in [1.54, 1.807) is 6.20 Å². The van der Waals surface area contributed by atoms with Crippen molar-refractivity contribution in [1.29, 1.82) is 0 Å². The molecule has 1 aromatic rings. The third-order valence-electron chi connectivity index (χ3n) is 3.86. The molecule has 3 N–H and O–H groups in total. The van der Waals surface area contributed by atoms with Gasteiger partial charge in [0.25, 0.3) is 0 Å². The van der Waals surface area contributed by atoms with Crippen molar-refractivity contribution in [3.63, 3.8) is 0 Å². The second-order valence-corrected chi connectivity index (χ2v) is 6.02. The third-order valence-corrected chi connectivity index (χ3v) is 3.86. The second kappa shape index (κ2) is 6.85. The van der Waals surface area contributed by atoms with Gasteiger partial charge in [-0.2, -0.15) is 0 Å². The van der Waals surface area contributed by atoms with E-state index in [1.807, 2.05) is 13.8 Å². The van der Waals surface area contributed by atoms with Crippen molar-refractivity contribution in [2.45, 2.75) is 51.6 Å². The van der Waals surface area contributed by atoms with Crippen LogP contribution in [0.25, 0.3) is 0 Å². The normalized spacial score (nSPS) is 22.3. The van der Waals surface area contributed by atoms with Crippen LogP contribution in [-0.4, -0.2) is 38.8 Å². The van der Waals surface area contributed by atoms with Gasteiger partial charge in [0.2, 0.25) is 0 Å². The van der Waals surface area contributed by atoms with Gasteiger partial charge in [-0.15, -0.1) is 0 Å². The molecule has 1 heterocycles. The summed E-state index contributed by atoms with van der Waals surface area (Å²) in [6.45, 7) is 4.50. The van der Waals surface area contributed by atoms with Crippen LogP contribution in [0.2, 0.25) is 0 Å². The average Bonchev–Trinajstić information content (AvgIpc) is 2.44. The maximum atomic E-state index is 11.3. The fourth-order valence-corrected chi connectivity index (χ4v) is 2.67. The quantitative estimate of drug-likeness (QED) is 0.770. The topological polar surface area (TPSA) is 95.3 Å². The van der Waals surface area contributed by atoms with Crippen LogP contribution < -0.4 is 5.32 Å². The Balaban J connectivity index is 2.06. The fourth-order valence-electron chi connectivity index (χ4n) is 2.67. The van der Waals surface area contributed by atoms with Crippen LogP contribution in [0.5, 0.6) is 0 Å². The van der Waals surface area contributed by atoms with E-state index in [1.165, 1.54) is 0 Å². The number of aromatic nitrogens is 2. The molecule has 0 saturated heterocycles. The molecule has 1 aliphatic rings. The monoisotopic (exact) mass is 293 g/mol. The van der Waals surface area contributed by atoms with Gasteiger partial charge in [0.05, 0.1) is 18.0 Å². The Bertz CT molecular complexity index is 505. The Hall–Kier alpha value is -1.69. The molecule has 0 radical (unpaired) electrons. The molecule has 2 unspecified atom stereocenters. The van der Waals surface area contributed by atoms with Gasteiger partial charge in [-0.1, -0.05) is 20.3 Å². The first-order chi connectivity index (χ1) is 9.97. The van der Waals surface area contributed by atoms with E-state index in [0.29, 0.717) is 24.0 Å². The van der Waals surface area contributed by atoms with Crippen LogP contribution in [0.1, 0.15) is 61.8 Å². The van der Waals surface area contributed by atoms with Gasteiger partial charge in [-0.05, 0) is 25.2 Å². The Morgan fingerprint density at radius 2 is 2.24 bits per heavy atom. The van der Waals surface area contributed by atoms with Crippen LogP contribution in [-0.2, 0) is 0 Å². The van der Waals surface area contributed by atoms with Crippen molar-refractivity contribution >= 4 is 11.7 Å². The van der Waals surface area contributed by atoms with Gasteiger partial charge in [-0.25, -0.2) is 14.8 Å². The number of nitrogens with one attached hydrogen (secondary N) is 1. The van der Waals surface area contributed by atoms with Crippen LogP contribution >= 0.6 is 0 Å². The molecule has 0 amide bonds. The highest BCUT2D eigenvalue weighted by Crippen LogP contribution is 2.25. The van der Waals surface area contributed by atoms with E-state index >= 15 is 0 Å². The number of hydrogen-bond donors (Lipinski definition) is 3. The molecule has 1 saturated carbocycles. The summed E-state index contributed by atoms with van der Waals surface area (Å²) in [5, 5.41) is 22.1. The number of nitrogens with zero attached hydrogens (tertiary/aromatic N) is 2. The molecular weight excluding hydrogens is 270 g/mol. The molecule has 1 aromatic heterocycles. The number of aromatic carboxylic acids is 1. The van der Waals surface area contributed by atoms with Crippen molar-refractivity contribution in [2.75, 3.05) is 11.9 Å². The largest absolute Gasteiger partial charge is 0.476 e. The summed E-state index contributed by atoms with van der Waals surface area (Å²) in [6, 6.07) is 0. The lowest BCUT2D eigenvalue weighted by atomic mass is 9.87. The van der Waals surface area contributed by atoms with E-state index in [9.17, 15) is 15.0 Å². The van der Waals surface area contributed by atoms with Gasteiger partial charge < -0.3 is 15.5 Å². The first-order valence-corrected chi connectivity index (χ1v) is 7.49. The summed E-state index contributed by atoms with van der Waals surface area (Å²) >= 11 is 0. The van der Waals surface area contributed by atoms with Crippen molar-refractivity contribution in [2.24, 2.45) is 5.92 Å². The van der Waals surface area contributed by atoms with Crippen molar-refractivity contribution in [3.8, 4) is 0 Å². The van der Waals surface area contributed by atoms with Gasteiger partial charge in [-0.3, -0.25) is 0 Å². The first kappa shape index (κ1) is 15.7. The molecule has 6 heteroatoms. The van der Waals surface area contributed by atoms with Crippen molar-refractivity contribution < 1.29 is 15.0 Å². The second-order valence-electron chi connectivity index (χ2n) is 6.02. The van der Waals surface area contributed by atoms with Crippen molar-refractivity contribution in [3.05, 3.63) is 17.7 Å². The molecule has 0 aromatic carbocycles. The van der Waals surface area contributed by atoms with Gasteiger partial charge in [0, 0.05) is 12.5 Å². The zero-order valence-electron chi connectivity index (χ0n) is 12.5. The number of rotatable bonds is 5. The molecule has 0 spiro atoms. The smallest absolute Gasteiger partial charge is 0.356 e. The number of aliphatic hydroxyl groups is 1. The van der Waals surface area contributed by atoms with E-state index in [0.717, 1.165) is 25.7 Å². The predicted molar refractivity (Wildman–Crippen MR) is 79.5 cm³/mol. The van der Waals surface area contributed by atoms with Crippen LogP contribution in [0.3, 0.4) is 0 Å². The summed E-state index contributed by atoms with van der Waals surface area (Å²) < 4.78 is 0. The van der Waals surface area contributed by atoms with Gasteiger partial charge in [0.1, 0.15) is 5.82 Å². The summed E-state index contributed by atoms with van der Waals surface area (Å²) in [4.78, 5) is 19.7. The standard InChI is InChI=1S/C15H23N3O3/c1-9(2)14-17-8-12(13(18-14)15(20)21)16-7-10-4-3-5-11(19)6-10/h8-11,16,19H,3-7H2,1-2H3,(H,20,21). The lowest BCUT2D eigenvalue weighted by Gasteiger charge is -2.26. The molecule has 2 rings (SSSR count). The molecule has 21 heavy (non-hydrogen) atoms. The molecule has 2 atom stereocenters. The van der Waals surface area contributed by atoms with E-state index < -0.39 is 5.97 Å². The van der Waals surface area contributed by atoms with E-state index in [4.69, 9.17) is 0 Å². The lowest BCUT2D eigenvalue weighted by Crippen LogP contribution is -2.25. The summed E-state index contributed by atoms with van der Waals surface area (Å²) in [6.07, 6.45) is 5.01. The minimum atomic E-state index is -1.05. The molecule has 116 valence electrons. The minimum absolute atomic E-state index is 0.0186. The van der Waals surface area contributed by atoms with Crippen molar-refractivity contribution in [1.82, 2.24) is 9.97 Å². The SMILES string of the molecule is CC(C)c1ncc(NCC2CCCC(O)C2)c(C(=O)O)n1. The molecule has 1 aliphatic carbocycles. The molecule has 0 aliphatic heterocycles. The Morgan fingerprint density at radius 1 is 1.48 bits per heavy atom. The molecule has 6 nitrogen and oxygen atoms in total. The average molecular weight is 293 g/mol. The summed E-state index contributed by atoms with van der Waals surface area (Å²) in [5.74, 6) is -0.0673. The van der Waals surface area contributed by atoms with Gasteiger partial charge in [0.15, 0.2) is 5.69 Å². The molecule has 1 fully saturated rings. The fraction of sp³-hybridized carbons (Fsp3) is 0.667. The first-order valence-electron chi connectivity index (χ1n) is 7.49. The van der Waals surface area contributed by atoms with E-state index in [2.05, 4.69) is 15.3 Å². The van der Waals surface area contributed by atoms with Crippen LogP contribution in [0.4, 0.5) is 5.69 Å². The highest BCUT2D eigenvalue weighted by molar-refractivity contribution is 5.91. The molecular formula is C15H23N3O3. The number of aliphatic hydroxyl groups excluding tert-OH is 1. The maximum absolute atomic E-state index is 11.3. The number of hydrogen-bond acceptors (Lipinski definition) is 5. The summed E-state index contributed by atoms with van der Waals surface area (Å²) in [7, 11) is 0. The van der Waals surface area contributed by atoms with E-state index in [-0.39, 0.29) is 17.7 Å². The Labute approximate surface area is 124 Å². The third kappa shape index (κ3) is 4.14. The predicted octanol–water partition coefficient (Wildman–Crippen LogP) is 2.26. The zero-order chi connectivity index (χ0) is 15.4. The highest BCUT2D eigenvalue weighted by Gasteiger charge is 2.21. The minimum Gasteiger partial charge on any atom is -0.476 e. The zero-order valence-corrected chi connectivity index (χ0v) is 12.5. The molecule has 0 bridgehead atoms. The Kier molecular flexibility index (Phi) is 5.12. The number of carboxylic acid groups (broad SMARTS) is 1. The Morgan fingerprint density at radius 3 is 2.86 bits per heavy atom. The maximum Gasteiger partial charge on any atom is 0.356 e. The summed E-state index contributed by atoms with van der Waals surface area (Å²) in [5.41, 5.74) is 0.469. The lowest BCUT2D eigenvalue weighted by molar-refractivity contribution is 0.0690. The number of carboxylic acids is 1. The number of anilines is 1. The highest BCUT2D eigenvalue weighted by atomic mass is 16.4. The van der Waals surface area contributed by atoms with Gasteiger partial charge >= 0.3 is 5.97 Å². The van der Waals surface area contributed by atoms with Crippen LogP contribution in [0.15, 0.2) is 6.20 Å². The van der Waals surface area contributed by atoms with Crippen LogP contribution in [0, 0.1) is 5.92 Å².